The van der Waals surface area contributed by atoms with Gasteiger partial charge in [-0.1, -0.05) is 0 Å². The van der Waals surface area contributed by atoms with Crippen LogP contribution in [-0.2, 0) is 0 Å². The molecule has 1 aromatic carbocycles. The van der Waals surface area contributed by atoms with Crippen molar-refractivity contribution < 1.29 is 14.7 Å². The molecule has 0 saturated carbocycles. The lowest BCUT2D eigenvalue weighted by atomic mass is 10.0. The average molecular weight is 193 g/mol. The van der Waals surface area contributed by atoms with Crippen molar-refractivity contribution >= 4 is 17.3 Å². The Labute approximate surface area is 81.3 Å². The molecule has 0 aromatic heterocycles. The van der Waals surface area contributed by atoms with E-state index in [2.05, 4.69) is 0 Å². The van der Waals surface area contributed by atoms with Crippen LogP contribution in [-0.4, -0.2) is 16.7 Å². The number of anilines is 1. The van der Waals surface area contributed by atoms with E-state index < -0.39 is 0 Å². The number of phenols is 1. The van der Waals surface area contributed by atoms with Crippen LogP contribution in [0.25, 0.3) is 0 Å². The molecule has 3 N–H and O–H groups in total. The lowest BCUT2D eigenvalue weighted by molar-refractivity contribution is 0.101. The summed E-state index contributed by atoms with van der Waals surface area (Å²) in [5, 5.41) is 9.35. The molecule has 0 amide bonds. The highest BCUT2D eigenvalue weighted by Gasteiger charge is 2.12. The molecule has 0 unspecified atom stereocenters. The first kappa shape index (κ1) is 10.2. The van der Waals surface area contributed by atoms with Crippen LogP contribution in [0, 0.1) is 0 Å². The number of nitrogens with two attached hydrogens (primary N) is 1. The molecule has 1 rings (SSSR count). The van der Waals surface area contributed by atoms with Crippen LogP contribution in [0.15, 0.2) is 12.1 Å². The van der Waals surface area contributed by atoms with Crippen LogP contribution in [0.4, 0.5) is 5.69 Å². The van der Waals surface area contributed by atoms with E-state index in [0.717, 1.165) is 0 Å². The van der Waals surface area contributed by atoms with Gasteiger partial charge < -0.3 is 10.8 Å². The molecule has 0 radical (unpaired) electrons. The molecule has 0 fully saturated rings. The monoisotopic (exact) mass is 193 g/mol. The van der Waals surface area contributed by atoms with Gasteiger partial charge >= 0.3 is 0 Å². The number of aromatic hydroxyl groups is 1. The summed E-state index contributed by atoms with van der Waals surface area (Å²) in [6.07, 6.45) is 0. The molecule has 0 aliphatic heterocycles. The minimum Gasteiger partial charge on any atom is -0.506 e. The van der Waals surface area contributed by atoms with Gasteiger partial charge in [-0.3, -0.25) is 9.59 Å². The molecule has 4 nitrogen and oxygen atoms in total. The molecule has 0 bridgehead atoms. The van der Waals surface area contributed by atoms with E-state index in [-0.39, 0.29) is 34.1 Å². The first-order chi connectivity index (χ1) is 6.43. The molecule has 0 aliphatic carbocycles. The molecule has 0 aliphatic rings. The minimum atomic E-state index is -0.277. The van der Waals surface area contributed by atoms with E-state index in [1.54, 1.807) is 0 Å². The number of hydrogen-bond donors (Lipinski definition) is 2. The number of carbonyl (C=O) groups is 2. The smallest absolute Gasteiger partial charge is 0.162 e. The second kappa shape index (κ2) is 3.49. The zero-order valence-corrected chi connectivity index (χ0v) is 8.00. The number of benzene rings is 1. The van der Waals surface area contributed by atoms with Crippen molar-refractivity contribution in [3.63, 3.8) is 0 Å². The molecule has 4 heteroatoms. The number of carbonyl (C=O) groups excluding carboxylic acids is 2. The first-order valence-electron chi connectivity index (χ1n) is 4.08. The van der Waals surface area contributed by atoms with Gasteiger partial charge in [-0.25, -0.2) is 0 Å². The van der Waals surface area contributed by atoms with E-state index in [9.17, 15) is 14.7 Å². The van der Waals surface area contributed by atoms with Crippen LogP contribution in [0.5, 0.6) is 5.75 Å². The fourth-order valence-electron chi connectivity index (χ4n) is 1.13. The van der Waals surface area contributed by atoms with E-state index in [4.69, 9.17) is 5.73 Å². The zero-order valence-electron chi connectivity index (χ0n) is 8.00. The van der Waals surface area contributed by atoms with Gasteiger partial charge in [-0.15, -0.1) is 0 Å². The van der Waals surface area contributed by atoms with Gasteiger partial charge in [0.2, 0.25) is 0 Å². The number of Topliss-reactive ketones (excluding diaryl/α,β-unsaturated/α-hetero) is 2. The quantitative estimate of drug-likeness (QED) is 0.422. The molecule has 0 atom stereocenters. The maximum atomic E-state index is 11.1. The third-order valence-electron chi connectivity index (χ3n) is 1.94. The number of phenolic OH excluding ortho intramolecular Hbond substituents is 1. The van der Waals surface area contributed by atoms with E-state index in [1.807, 2.05) is 0 Å². The van der Waals surface area contributed by atoms with Crippen LogP contribution >= 0.6 is 0 Å². The molecule has 14 heavy (non-hydrogen) atoms. The fourth-order valence-corrected chi connectivity index (χ4v) is 1.13. The van der Waals surface area contributed by atoms with E-state index >= 15 is 0 Å². The van der Waals surface area contributed by atoms with Crippen molar-refractivity contribution in [2.24, 2.45) is 0 Å². The van der Waals surface area contributed by atoms with Crippen molar-refractivity contribution in [2.45, 2.75) is 13.8 Å². The molecular weight excluding hydrogens is 182 g/mol. The van der Waals surface area contributed by atoms with Gasteiger partial charge in [-0.05, 0) is 26.0 Å². The summed E-state index contributed by atoms with van der Waals surface area (Å²) >= 11 is 0. The minimum absolute atomic E-state index is 0.0162. The molecule has 0 saturated heterocycles. The second-order valence-corrected chi connectivity index (χ2v) is 3.07. The largest absolute Gasteiger partial charge is 0.506 e. The maximum Gasteiger partial charge on any atom is 0.162 e. The highest BCUT2D eigenvalue weighted by atomic mass is 16.3. The van der Waals surface area contributed by atoms with Gasteiger partial charge in [0.05, 0.1) is 5.69 Å². The summed E-state index contributed by atoms with van der Waals surface area (Å²) in [6.45, 7) is 2.68. The molecule has 0 spiro atoms. The van der Waals surface area contributed by atoms with Crippen LogP contribution in [0.3, 0.4) is 0 Å². The summed E-state index contributed by atoms with van der Waals surface area (Å²) < 4.78 is 0. The standard InChI is InChI=1S/C10H11NO3/c1-5(12)7-3-8(6(2)13)10(11)9(14)4-7/h3-4,14H,11H2,1-2H3. The summed E-state index contributed by atoms with van der Waals surface area (Å²) in [6, 6.07) is 2.64. The normalized spacial score (nSPS) is 9.86. The van der Waals surface area contributed by atoms with Crippen LogP contribution in [0.2, 0.25) is 0 Å². The van der Waals surface area contributed by atoms with E-state index in [1.165, 1.54) is 26.0 Å². The Hall–Kier alpha value is -1.84. The Morgan fingerprint density at radius 1 is 1.21 bits per heavy atom. The summed E-state index contributed by atoms with van der Waals surface area (Å²) in [4.78, 5) is 22.1. The van der Waals surface area contributed by atoms with Crippen LogP contribution < -0.4 is 5.73 Å². The van der Waals surface area contributed by atoms with Crippen LogP contribution in [0.1, 0.15) is 34.6 Å². The molecular formula is C10H11NO3. The number of nitrogen functional groups attached to an aromatic ring is 1. The lowest BCUT2D eigenvalue weighted by Crippen LogP contribution is -2.03. The number of rotatable bonds is 2. The summed E-state index contributed by atoms with van der Waals surface area (Å²) in [5.74, 6) is -0.730. The van der Waals surface area contributed by atoms with Gasteiger partial charge in [0.25, 0.3) is 0 Å². The Morgan fingerprint density at radius 2 is 1.79 bits per heavy atom. The number of ketones is 2. The van der Waals surface area contributed by atoms with Gasteiger partial charge in [-0.2, -0.15) is 0 Å². The first-order valence-corrected chi connectivity index (χ1v) is 4.08. The van der Waals surface area contributed by atoms with Crippen molar-refractivity contribution in [3.05, 3.63) is 23.3 Å². The fraction of sp³-hybridized carbons (Fsp3) is 0.200. The predicted octanol–water partition coefficient (Wildman–Crippen LogP) is 1.38. The highest BCUT2D eigenvalue weighted by Crippen LogP contribution is 2.26. The van der Waals surface area contributed by atoms with Crippen molar-refractivity contribution in [2.75, 3.05) is 5.73 Å². The topological polar surface area (TPSA) is 80.4 Å². The van der Waals surface area contributed by atoms with Gasteiger partial charge in [0.15, 0.2) is 11.6 Å². The van der Waals surface area contributed by atoms with Crippen molar-refractivity contribution in [1.82, 2.24) is 0 Å². The van der Waals surface area contributed by atoms with Crippen molar-refractivity contribution in [1.29, 1.82) is 0 Å². The third kappa shape index (κ3) is 1.74. The van der Waals surface area contributed by atoms with Crippen molar-refractivity contribution in [3.8, 4) is 5.75 Å². The number of hydrogen-bond acceptors (Lipinski definition) is 4. The Morgan fingerprint density at radius 3 is 2.21 bits per heavy atom. The molecule has 74 valence electrons. The molecule has 1 aromatic rings. The second-order valence-electron chi connectivity index (χ2n) is 3.07. The lowest BCUT2D eigenvalue weighted by Gasteiger charge is -2.06. The maximum absolute atomic E-state index is 11.1. The molecule has 0 heterocycles. The van der Waals surface area contributed by atoms with Gasteiger partial charge in [0.1, 0.15) is 5.75 Å². The Bertz CT molecular complexity index is 410. The Kier molecular flexibility index (Phi) is 2.56. The summed E-state index contributed by atoms with van der Waals surface area (Å²) in [5.41, 5.74) is 5.94. The predicted molar refractivity (Wildman–Crippen MR) is 52.5 cm³/mol. The average Bonchev–Trinajstić information content (AvgIpc) is 2.08. The van der Waals surface area contributed by atoms with E-state index in [0.29, 0.717) is 0 Å². The SMILES string of the molecule is CC(=O)c1cc(O)c(N)c(C(C)=O)c1. The van der Waals surface area contributed by atoms with Gasteiger partial charge in [0, 0.05) is 11.1 Å². The summed E-state index contributed by atoms with van der Waals surface area (Å²) in [7, 11) is 0. The zero-order chi connectivity index (χ0) is 10.9. The third-order valence-corrected chi connectivity index (χ3v) is 1.94. The highest BCUT2D eigenvalue weighted by molar-refractivity contribution is 6.04. The Balaban J connectivity index is 3.43.